The van der Waals surface area contributed by atoms with E-state index in [0.717, 1.165) is 12.5 Å². The highest BCUT2D eigenvalue weighted by molar-refractivity contribution is 9.10. The Bertz CT molecular complexity index is 342. The third-order valence-electron chi connectivity index (χ3n) is 2.43. The maximum absolute atomic E-state index is 13.4. The van der Waals surface area contributed by atoms with Crippen LogP contribution in [0.1, 0.15) is 25.3 Å². The first kappa shape index (κ1) is 12.6. The van der Waals surface area contributed by atoms with Gasteiger partial charge in [-0.25, -0.2) is 8.78 Å². The van der Waals surface area contributed by atoms with Crippen molar-refractivity contribution in [3.63, 3.8) is 0 Å². The van der Waals surface area contributed by atoms with Gasteiger partial charge in [0.05, 0.1) is 0 Å². The van der Waals surface area contributed by atoms with Crippen LogP contribution in [0, 0.1) is 11.6 Å². The second-order valence-electron chi connectivity index (χ2n) is 3.53. The molecule has 0 aromatic heterocycles. The summed E-state index contributed by atoms with van der Waals surface area (Å²) in [6.45, 7) is 1.97. The van der Waals surface area contributed by atoms with Gasteiger partial charge in [-0.05, 0) is 31.4 Å². The second-order valence-corrected chi connectivity index (χ2v) is 4.38. The summed E-state index contributed by atoms with van der Waals surface area (Å²) < 4.78 is 26.9. The van der Waals surface area contributed by atoms with Crippen LogP contribution in [0.3, 0.4) is 0 Å². The SMILES string of the molecule is CCC(N)CCc1c(Br)ccc(F)c1F. The Morgan fingerprint density at radius 1 is 1.40 bits per heavy atom. The van der Waals surface area contributed by atoms with E-state index in [1.807, 2.05) is 6.92 Å². The Morgan fingerprint density at radius 3 is 2.67 bits per heavy atom. The van der Waals surface area contributed by atoms with Gasteiger partial charge >= 0.3 is 0 Å². The van der Waals surface area contributed by atoms with Crippen LogP contribution in [0.25, 0.3) is 0 Å². The Labute approximate surface area is 96.8 Å². The van der Waals surface area contributed by atoms with E-state index in [-0.39, 0.29) is 6.04 Å². The summed E-state index contributed by atoms with van der Waals surface area (Å²) in [6.07, 6.45) is 1.96. The third-order valence-corrected chi connectivity index (χ3v) is 3.17. The zero-order valence-electron chi connectivity index (χ0n) is 8.56. The molecule has 0 spiro atoms. The fraction of sp³-hybridized carbons (Fsp3) is 0.455. The summed E-state index contributed by atoms with van der Waals surface area (Å²) in [4.78, 5) is 0. The van der Waals surface area contributed by atoms with E-state index in [4.69, 9.17) is 5.73 Å². The van der Waals surface area contributed by atoms with Crippen molar-refractivity contribution >= 4 is 15.9 Å². The predicted molar refractivity (Wildman–Crippen MR) is 60.6 cm³/mol. The van der Waals surface area contributed by atoms with E-state index >= 15 is 0 Å². The van der Waals surface area contributed by atoms with Crippen molar-refractivity contribution in [3.8, 4) is 0 Å². The Balaban J connectivity index is 2.80. The number of benzene rings is 1. The average molecular weight is 278 g/mol. The van der Waals surface area contributed by atoms with Crippen molar-refractivity contribution in [3.05, 3.63) is 33.8 Å². The van der Waals surface area contributed by atoms with E-state index in [9.17, 15) is 8.78 Å². The van der Waals surface area contributed by atoms with Gasteiger partial charge in [-0.15, -0.1) is 0 Å². The van der Waals surface area contributed by atoms with E-state index in [0.29, 0.717) is 22.9 Å². The number of halogens is 3. The molecule has 0 aliphatic heterocycles. The summed E-state index contributed by atoms with van der Waals surface area (Å²) in [6, 6.07) is 2.67. The summed E-state index contributed by atoms with van der Waals surface area (Å²) in [5.74, 6) is -1.58. The molecule has 1 unspecified atom stereocenters. The lowest BCUT2D eigenvalue weighted by molar-refractivity contribution is 0.491. The van der Waals surface area contributed by atoms with E-state index in [1.54, 1.807) is 0 Å². The first-order chi connectivity index (χ1) is 7.06. The molecule has 2 N–H and O–H groups in total. The molecule has 0 bridgehead atoms. The van der Waals surface area contributed by atoms with Gasteiger partial charge in [0.15, 0.2) is 11.6 Å². The molecule has 15 heavy (non-hydrogen) atoms. The second kappa shape index (κ2) is 5.56. The standard InChI is InChI=1S/C11H14BrF2N/c1-2-7(15)3-4-8-9(12)5-6-10(13)11(8)14/h5-7H,2-4,15H2,1H3. The minimum atomic E-state index is -0.807. The van der Waals surface area contributed by atoms with E-state index in [2.05, 4.69) is 15.9 Å². The van der Waals surface area contributed by atoms with Crippen LogP contribution in [0.5, 0.6) is 0 Å². The molecule has 0 radical (unpaired) electrons. The van der Waals surface area contributed by atoms with Crippen molar-refractivity contribution in [1.29, 1.82) is 0 Å². The molecule has 1 nitrogen and oxygen atoms in total. The van der Waals surface area contributed by atoms with Crippen molar-refractivity contribution in [2.75, 3.05) is 0 Å². The molecule has 0 heterocycles. The number of rotatable bonds is 4. The van der Waals surface area contributed by atoms with Gasteiger partial charge in [0, 0.05) is 16.1 Å². The monoisotopic (exact) mass is 277 g/mol. The van der Waals surface area contributed by atoms with Gasteiger partial charge in [0.1, 0.15) is 0 Å². The highest BCUT2D eigenvalue weighted by Gasteiger charge is 2.12. The van der Waals surface area contributed by atoms with Crippen LogP contribution in [-0.2, 0) is 6.42 Å². The molecule has 0 fully saturated rings. The van der Waals surface area contributed by atoms with Crippen LogP contribution in [0.15, 0.2) is 16.6 Å². The summed E-state index contributed by atoms with van der Waals surface area (Å²) in [7, 11) is 0. The highest BCUT2D eigenvalue weighted by Crippen LogP contribution is 2.23. The van der Waals surface area contributed by atoms with Crippen LogP contribution in [0.4, 0.5) is 8.78 Å². The molecular formula is C11H14BrF2N. The Hall–Kier alpha value is -0.480. The zero-order valence-corrected chi connectivity index (χ0v) is 10.2. The third kappa shape index (κ3) is 3.24. The van der Waals surface area contributed by atoms with Crippen LogP contribution in [-0.4, -0.2) is 6.04 Å². The van der Waals surface area contributed by atoms with Crippen LogP contribution < -0.4 is 5.73 Å². The molecular weight excluding hydrogens is 264 g/mol. The largest absolute Gasteiger partial charge is 0.328 e. The van der Waals surface area contributed by atoms with Gasteiger partial charge in [-0.2, -0.15) is 0 Å². The summed E-state index contributed by atoms with van der Waals surface area (Å²) >= 11 is 3.21. The lowest BCUT2D eigenvalue weighted by Gasteiger charge is -2.10. The van der Waals surface area contributed by atoms with Crippen LogP contribution in [0.2, 0.25) is 0 Å². The van der Waals surface area contributed by atoms with E-state index in [1.165, 1.54) is 6.07 Å². The first-order valence-corrected chi connectivity index (χ1v) is 5.73. The normalized spacial score (nSPS) is 12.9. The van der Waals surface area contributed by atoms with Gasteiger partial charge in [0.2, 0.25) is 0 Å². The lowest BCUT2D eigenvalue weighted by atomic mass is 10.0. The molecule has 0 amide bonds. The highest BCUT2D eigenvalue weighted by atomic mass is 79.9. The van der Waals surface area contributed by atoms with Gasteiger partial charge in [-0.1, -0.05) is 22.9 Å². The molecule has 1 rings (SSSR count). The number of nitrogens with two attached hydrogens (primary N) is 1. The molecule has 4 heteroatoms. The molecule has 0 saturated heterocycles. The minimum absolute atomic E-state index is 0.0413. The van der Waals surface area contributed by atoms with Gasteiger partial charge in [0.25, 0.3) is 0 Å². The Morgan fingerprint density at radius 2 is 2.07 bits per heavy atom. The van der Waals surface area contributed by atoms with Gasteiger partial charge < -0.3 is 5.73 Å². The molecule has 1 atom stereocenters. The zero-order chi connectivity index (χ0) is 11.4. The Kier molecular flexibility index (Phi) is 4.67. The molecule has 1 aromatic carbocycles. The molecule has 0 saturated carbocycles. The topological polar surface area (TPSA) is 26.0 Å². The number of hydrogen-bond donors (Lipinski definition) is 1. The smallest absolute Gasteiger partial charge is 0.163 e. The number of hydrogen-bond acceptors (Lipinski definition) is 1. The minimum Gasteiger partial charge on any atom is -0.328 e. The maximum atomic E-state index is 13.4. The quantitative estimate of drug-likeness (QED) is 0.839. The van der Waals surface area contributed by atoms with Crippen molar-refractivity contribution < 1.29 is 8.78 Å². The fourth-order valence-corrected chi connectivity index (χ4v) is 1.84. The summed E-state index contributed by atoms with van der Waals surface area (Å²) in [5, 5.41) is 0. The first-order valence-electron chi connectivity index (χ1n) is 4.94. The molecule has 84 valence electrons. The predicted octanol–water partition coefficient (Wildman–Crippen LogP) is 3.40. The molecule has 0 aliphatic rings. The van der Waals surface area contributed by atoms with Crippen LogP contribution >= 0.6 is 15.9 Å². The van der Waals surface area contributed by atoms with Crippen molar-refractivity contribution in [1.82, 2.24) is 0 Å². The average Bonchev–Trinajstić information content (AvgIpc) is 2.23. The van der Waals surface area contributed by atoms with E-state index < -0.39 is 11.6 Å². The molecule has 0 aliphatic carbocycles. The maximum Gasteiger partial charge on any atom is 0.163 e. The van der Waals surface area contributed by atoms with Crippen molar-refractivity contribution in [2.45, 2.75) is 32.2 Å². The molecule has 1 aromatic rings. The fourth-order valence-electron chi connectivity index (χ4n) is 1.33. The lowest BCUT2D eigenvalue weighted by Crippen LogP contribution is -2.19. The summed E-state index contributed by atoms with van der Waals surface area (Å²) in [5.41, 5.74) is 6.10. The van der Waals surface area contributed by atoms with Gasteiger partial charge in [-0.3, -0.25) is 0 Å². The van der Waals surface area contributed by atoms with Crippen molar-refractivity contribution in [2.24, 2.45) is 5.73 Å².